The highest BCUT2D eigenvalue weighted by Crippen LogP contribution is 2.19. The number of rotatable bonds is 3. The van der Waals surface area contributed by atoms with Crippen LogP contribution in [0.15, 0.2) is 24.3 Å². The molecule has 0 bridgehead atoms. The fourth-order valence-corrected chi connectivity index (χ4v) is 1.93. The molecule has 1 N–H and O–H groups in total. The van der Waals surface area contributed by atoms with Crippen molar-refractivity contribution in [3.8, 4) is 0 Å². The minimum absolute atomic E-state index is 0.125. The number of carbonyl (C=O) groups is 1. The van der Waals surface area contributed by atoms with Crippen molar-refractivity contribution in [1.29, 1.82) is 0 Å². The van der Waals surface area contributed by atoms with E-state index in [4.69, 9.17) is 0 Å². The third-order valence-corrected chi connectivity index (χ3v) is 2.96. The molecule has 0 spiro atoms. The molecule has 92 valence electrons. The molecular weight excluding hydrogens is 223 g/mol. The monoisotopic (exact) mass is 238 g/mol. The Labute approximate surface area is 99.3 Å². The largest absolute Gasteiger partial charge is 0.386 e. The first kappa shape index (κ1) is 11.9. The number of β-amino-alcohol motifs (C(OH)–C–C–N with tert-alkyl or cyclic N) is 1. The second kappa shape index (κ2) is 4.71. The van der Waals surface area contributed by atoms with E-state index in [1.807, 2.05) is 0 Å². The summed E-state index contributed by atoms with van der Waals surface area (Å²) in [6, 6.07) is 5.95. The second-order valence-corrected chi connectivity index (χ2v) is 4.19. The number of hydrogen-bond donors (Lipinski definition) is 1. The lowest BCUT2D eigenvalue weighted by Crippen LogP contribution is -2.33. The summed E-state index contributed by atoms with van der Waals surface area (Å²) in [7, 11) is 1.71. The van der Waals surface area contributed by atoms with E-state index in [2.05, 4.69) is 0 Å². The van der Waals surface area contributed by atoms with Gasteiger partial charge in [-0.05, 0) is 6.07 Å². The lowest BCUT2D eigenvalue weighted by atomic mass is 10.1. The Morgan fingerprint density at radius 2 is 2.12 bits per heavy atom. The van der Waals surface area contributed by atoms with Gasteiger partial charge in [0.05, 0.1) is 12.6 Å². The zero-order valence-electron chi connectivity index (χ0n) is 9.64. The van der Waals surface area contributed by atoms with Crippen LogP contribution in [0.2, 0.25) is 0 Å². The molecule has 1 atom stereocenters. The van der Waals surface area contributed by atoms with Crippen molar-refractivity contribution in [2.45, 2.75) is 6.10 Å². The Kier molecular flexibility index (Phi) is 3.28. The molecule has 2 amide bonds. The maximum atomic E-state index is 13.4. The van der Waals surface area contributed by atoms with Crippen LogP contribution in [0.3, 0.4) is 0 Å². The lowest BCUT2D eigenvalue weighted by Gasteiger charge is -2.20. The SMILES string of the molecule is CN1CCN(CC(O)c2ccccc2F)C1=O. The van der Waals surface area contributed by atoms with Crippen molar-refractivity contribution in [3.05, 3.63) is 35.6 Å². The summed E-state index contributed by atoms with van der Waals surface area (Å²) in [5.74, 6) is -0.444. The first-order valence-electron chi connectivity index (χ1n) is 5.52. The Morgan fingerprint density at radius 3 is 2.71 bits per heavy atom. The van der Waals surface area contributed by atoms with Crippen LogP contribution >= 0.6 is 0 Å². The molecule has 1 aliphatic rings. The fourth-order valence-electron chi connectivity index (χ4n) is 1.93. The molecule has 0 aromatic heterocycles. The molecule has 0 radical (unpaired) electrons. The Hall–Kier alpha value is -1.62. The van der Waals surface area contributed by atoms with Crippen LogP contribution in [0.1, 0.15) is 11.7 Å². The molecule has 17 heavy (non-hydrogen) atoms. The van der Waals surface area contributed by atoms with E-state index >= 15 is 0 Å². The highest BCUT2D eigenvalue weighted by Gasteiger charge is 2.27. The number of benzene rings is 1. The number of nitrogens with zero attached hydrogens (tertiary/aromatic N) is 2. The van der Waals surface area contributed by atoms with Gasteiger partial charge < -0.3 is 14.9 Å². The van der Waals surface area contributed by atoms with Crippen LogP contribution < -0.4 is 0 Å². The van der Waals surface area contributed by atoms with Gasteiger partial charge in [0.2, 0.25) is 0 Å². The zero-order chi connectivity index (χ0) is 12.4. The Bertz CT molecular complexity index is 425. The smallest absolute Gasteiger partial charge is 0.319 e. The third-order valence-electron chi connectivity index (χ3n) is 2.96. The molecule has 4 nitrogen and oxygen atoms in total. The van der Waals surface area contributed by atoms with Crippen molar-refractivity contribution in [2.75, 3.05) is 26.7 Å². The maximum absolute atomic E-state index is 13.4. The van der Waals surface area contributed by atoms with Gasteiger partial charge in [0.1, 0.15) is 5.82 Å². The Morgan fingerprint density at radius 1 is 1.41 bits per heavy atom. The topological polar surface area (TPSA) is 43.8 Å². The molecule has 2 rings (SSSR count). The number of carbonyl (C=O) groups excluding carboxylic acids is 1. The molecule has 1 aromatic carbocycles. The van der Waals surface area contributed by atoms with Crippen LogP contribution in [-0.4, -0.2) is 47.6 Å². The number of amides is 2. The normalized spacial score (nSPS) is 17.7. The number of halogens is 1. The standard InChI is InChI=1S/C12H15FN2O2/c1-14-6-7-15(12(14)17)8-11(16)9-4-2-3-5-10(9)13/h2-5,11,16H,6-8H2,1H3. The highest BCUT2D eigenvalue weighted by atomic mass is 19.1. The molecule has 1 saturated heterocycles. The first-order chi connectivity index (χ1) is 8.09. The number of aliphatic hydroxyl groups excluding tert-OH is 1. The maximum Gasteiger partial charge on any atom is 0.319 e. The van der Waals surface area contributed by atoms with E-state index in [-0.39, 0.29) is 18.1 Å². The average Bonchev–Trinajstić information content (AvgIpc) is 2.61. The van der Waals surface area contributed by atoms with Crippen LogP contribution in [-0.2, 0) is 0 Å². The Balaban J connectivity index is 2.05. The van der Waals surface area contributed by atoms with Gasteiger partial charge in [-0.25, -0.2) is 9.18 Å². The van der Waals surface area contributed by atoms with E-state index < -0.39 is 11.9 Å². The molecule has 0 aliphatic carbocycles. The molecule has 0 saturated carbocycles. The zero-order valence-corrected chi connectivity index (χ0v) is 9.64. The fraction of sp³-hybridized carbons (Fsp3) is 0.417. The molecular formula is C12H15FN2O2. The van der Waals surface area contributed by atoms with Gasteiger partial charge in [-0.1, -0.05) is 18.2 Å². The van der Waals surface area contributed by atoms with Gasteiger partial charge >= 0.3 is 6.03 Å². The van der Waals surface area contributed by atoms with E-state index in [0.29, 0.717) is 13.1 Å². The average molecular weight is 238 g/mol. The minimum Gasteiger partial charge on any atom is -0.386 e. The predicted molar refractivity (Wildman–Crippen MR) is 61.0 cm³/mol. The summed E-state index contributed by atoms with van der Waals surface area (Å²) >= 11 is 0. The number of hydrogen-bond acceptors (Lipinski definition) is 2. The molecule has 1 unspecified atom stereocenters. The van der Waals surface area contributed by atoms with Gasteiger partial charge in [-0.15, -0.1) is 0 Å². The van der Waals surface area contributed by atoms with E-state index in [1.165, 1.54) is 17.0 Å². The van der Waals surface area contributed by atoms with E-state index in [0.717, 1.165) is 0 Å². The third kappa shape index (κ3) is 2.39. The van der Waals surface area contributed by atoms with E-state index in [9.17, 15) is 14.3 Å². The van der Waals surface area contributed by atoms with Crippen molar-refractivity contribution >= 4 is 6.03 Å². The quantitative estimate of drug-likeness (QED) is 0.860. The van der Waals surface area contributed by atoms with Crippen LogP contribution in [0.4, 0.5) is 9.18 Å². The first-order valence-corrected chi connectivity index (χ1v) is 5.52. The van der Waals surface area contributed by atoms with Crippen molar-refractivity contribution in [1.82, 2.24) is 9.80 Å². The molecule has 1 fully saturated rings. The second-order valence-electron chi connectivity index (χ2n) is 4.19. The molecule has 1 aliphatic heterocycles. The van der Waals surface area contributed by atoms with E-state index in [1.54, 1.807) is 24.1 Å². The van der Waals surface area contributed by atoms with Gasteiger partial charge in [-0.3, -0.25) is 0 Å². The van der Waals surface area contributed by atoms with Crippen molar-refractivity contribution in [2.24, 2.45) is 0 Å². The van der Waals surface area contributed by atoms with Crippen LogP contribution in [0.25, 0.3) is 0 Å². The molecule has 5 heteroatoms. The van der Waals surface area contributed by atoms with Crippen molar-refractivity contribution < 1.29 is 14.3 Å². The molecule has 1 heterocycles. The van der Waals surface area contributed by atoms with Crippen molar-refractivity contribution in [3.63, 3.8) is 0 Å². The summed E-state index contributed by atoms with van der Waals surface area (Å²) < 4.78 is 13.4. The summed E-state index contributed by atoms with van der Waals surface area (Å²) in [6.07, 6.45) is -0.980. The highest BCUT2D eigenvalue weighted by molar-refractivity contribution is 5.76. The summed E-state index contributed by atoms with van der Waals surface area (Å²) in [5, 5.41) is 9.91. The number of likely N-dealkylation sites (N-methyl/N-ethyl adjacent to an activating group) is 1. The summed E-state index contributed by atoms with van der Waals surface area (Å²) in [6.45, 7) is 1.34. The van der Waals surface area contributed by atoms with Gasteiger partial charge in [0.15, 0.2) is 0 Å². The predicted octanol–water partition coefficient (Wildman–Crippen LogP) is 1.23. The lowest BCUT2D eigenvalue weighted by molar-refractivity contribution is 0.126. The minimum atomic E-state index is -0.980. The van der Waals surface area contributed by atoms with Gasteiger partial charge in [-0.2, -0.15) is 0 Å². The summed E-state index contributed by atoms with van der Waals surface area (Å²) in [4.78, 5) is 14.7. The number of aliphatic hydroxyl groups is 1. The molecule has 1 aromatic rings. The van der Waals surface area contributed by atoms with Crippen LogP contribution in [0.5, 0.6) is 0 Å². The van der Waals surface area contributed by atoms with Crippen LogP contribution in [0, 0.1) is 5.82 Å². The summed E-state index contributed by atoms with van der Waals surface area (Å²) in [5.41, 5.74) is 0.231. The van der Waals surface area contributed by atoms with Gasteiger partial charge in [0, 0.05) is 25.7 Å². The number of urea groups is 1. The van der Waals surface area contributed by atoms with Gasteiger partial charge in [0.25, 0.3) is 0 Å².